The molecular weight excluding hydrogens is 174 g/mol. The van der Waals surface area contributed by atoms with E-state index in [1.165, 1.54) is 12.8 Å². The summed E-state index contributed by atoms with van der Waals surface area (Å²) in [4.78, 5) is 0. The first-order valence-electron chi connectivity index (χ1n) is 5.20. The molecule has 76 valence electrons. The minimum atomic E-state index is 0.585. The third-order valence-corrected chi connectivity index (χ3v) is 2.79. The van der Waals surface area contributed by atoms with Crippen LogP contribution in [0.15, 0.2) is 24.3 Å². The van der Waals surface area contributed by atoms with Gasteiger partial charge < -0.3 is 10.1 Å². The quantitative estimate of drug-likeness (QED) is 0.790. The van der Waals surface area contributed by atoms with Crippen molar-refractivity contribution in [3.63, 3.8) is 0 Å². The fourth-order valence-electron chi connectivity index (χ4n) is 1.69. The lowest BCUT2D eigenvalue weighted by molar-refractivity contribution is 0.415. The van der Waals surface area contributed by atoms with Crippen molar-refractivity contribution in [2.75, 3.05) is 12.4 Å². The second kappa shape index (κ2) is 3.91. The van der Waals surface area contributed by atoms with Crippen LogP contribution in [0.3, 0.4) is 0 Å². The second-order valence-corrected chi connectivity index (χ2v) is 4.00. The molecule has 0 spiro atoms. The van der Waals surface area contributed by atoms with E-state index in [4.69, 9.17) is 4.74 Å². The molecule has 1 aliphatic rings. The van der Waals surface area contributed by atoms with E-state index in [1.807, 2.05) is 18.2 Å². The van der Waals surface area contributed by atoms with Crippen molar-refractivity contribution in [3.8, 4) is 5.75 Å². The number of anilines is 1. The van der Waals surface area contributed by atoms with Gasteiger partial charge in [0, 0.05) is 17.8 Å². The molecule has 1 aliphatic carbocycles. The predicted molar refractivity (Wildman–Crippen MR) is 58.8 cm³/mol. The second-order valence-electron chi connectivity index (χ2n) is 4.00. The van der Waals surface area contributed by atoms with Crippen LogP contribution >= 0.6 is 0 Å². The average Bonchev–Trinajstić information content (AvgIpc) is 3.01. The SMILES string of the molecule is COc1cccc(N[C@H](C)C2CC2)c1. The van der Waals surface area contributed by atoms with Crippen molar-refractivity contribution in [1.29, 1.82) is 0 Å². The minimum absolute atomic E-state index is 0.585. The Hall–Kier alpha value is -1.18. The molecule has 0 saturated heterocycles. The molecule has 2 rings (SSSR count). The number of rotatable bonds is 4. The molecule has 0 amide bonds. The fourth-order valence-corrected chi connectivity index (χ4v) is 1.69. The van der Waals surface area contributed by atoms with Gasteiger partial charge in [0.15, 0.2) is 0 Å². The van der Waals surface area contributed by atoms with Crippen molar-refractivity contribution in [2.24, 2.45) is 5.92 Å². The molecule has 1 fully saturated rings. The van der Waals surface area contributed by atoms with Crippen LogP contribution in [0.5, 0.6) is 5.75 Å². The lowest BCUT2D eigenvalue weighted by Gasteiger charge is -2.14. The number of hydrogen-bond donors (Lipinski definition) is 1. The topological polar surface area (TPSA) is 21.3 Å². The maximum absolute atomic E-state index is 5.17. The Balaban J connectivity index is 2.00. The van der Waals surface area contributed by atoms with Gasteiger partial charge in [-0.15, -0.1) is 0 Å². The summed E-state index contributed by atoms with van der Waals surface area (Å²) in [5, 5.41) is 3.50. The minimum Gasteiger partial charge on any atom is -0.497 e. The number of benzene rings is 1. The highest BCUT2D eigenvalue weighted by Gasteiger charge is 2.27. The molecule has 0 heterocycles. The van der Waals surface area contributed by atoms with Crippen LogP contribution in [0.1, 0.15) is 19.8 Å². The largest absolute Gasteiger partial charge is 0.497 e. The summed E-state index contributed by atoms with van der Waals surface area (Å²) in [6, 6.07) is 8.69. The lowest BCUT2D eigenvalue weighted by atomic mass is 10.2. The molecule has 0 bridgehead atoms. The molecule has 1 saturated carbocycles. The summed E-state index contributed by atoms with van der Waals surface area (Å²) in [5.74, 6) is 1.79. The molecule has 0 radical (unpaired) electrons. The highest BCUT2D eigenvalue weighted by molar-refractivity contribution is 5.48. The van der Waals surface area contributed by atoms with Crippen molar-refractivity contribution >= 4 is 5.69 Å². The number of ether oxygens (including phenoxy) is 1. The van der Waals surface area contributed by atoms with E-state index in [9.17, 15) is 0 Å². The first-order chi connectivity index (χ1) is 6.79. The summed E-state index contributed by atoms with van der Waals surface area (Å²) < 4.78 is 5.17. The maximum Gasteiger partial charge on any atom is 0.120 e. The van der Waals surface area contributed by atoms with E-state index in [0.717, 1.165) is 17.4 Å². The molecular formula is C12H17NO. The van der Waals surface area contributed by atoms with Gasteiger partial charge in [-0.05, 0) is 37.8 Å². The van der Waals surface area contributed by atoms with Crippen molar-refractivity contribution in [3.05, 3.63) is 24.3 Å². The Labute approximate surface area is 85.3 Å². The van der Waals surface area contributed by atoms with Crippen LogP contribution in [0.2, 0.25) is 0 Å². The summed E-state index contributed by atoms with van der Waals surface area (Å²) in [6.45, 7) is 2.25. The maximum atomic E-state index is 5.17. The molecule has 1 N–H and O–H groups in total. The van der Waals surface area contributed by atoms with Crippen molar-refractivity contribution < 1.29 is 4.74 Å². The van der Waals surface area contributed by atoms with Gasteiger partial charge in [-0.2, -0.15) is 0 Å². The zero-order valence-corrected chi connectivity index (χ0v) is 8.79. The molecule has 0 aromatic heterocycles. The molecule has 0 aliphatic heterocycles. The highest BCUT2D eigenvalue weighted by Crippen LogP contribution is 2.34. The summed E-state index contributed by atoms with van der Waals surface area (Å²) in [6.07, 6.45) is 2.75. The highest BCUT2D eigenvalue weighted by atomic mass is 16.5. The Morgan fingerprint density at radius 1 is 1.43 bits per heavy atom. The third-order valence-electron chi connectivity index (χ3n) is 2.79. The number of hydrogen-bond acceptors (Lipinski definition) is 2. The molecule has 2 heteroatoms. The first-order valence-corrected chi connectivity index (χ1v) is 5.20. The fraction of sp³-hybridized carbons (Fsp3) is 0.500. The Morgan fingerprint density at radius 2 is 2.21 bits per heavy atom. The molecule has 1 aromatic rings. The van der Waals surface area contributed by atoms with Crippen LogP contribution in [0, 0.1) is 5.92 Å². The monoisotopic (exact) mass is 191 g/mol. The summed E-state index contributed by atoms with van der Waals surface area (Å²) in [7, 11) is 1.70. The molecule has 2 nitrogen and oxygen atoms in total. The number of nitrogens with one attached hydrogen (secondary N) is 1. The van der Waals surface area contributed by atoms with Crippen LogP contribution in [0.25, 0.3) is 0 Å². The standard InChI is InChI=1S/C12H17NO/c1-9(10-6-7-10)13-11-4-3-5-12(8-11)14-2/h3-5,8-10,13H,6-7H2,1-2H3/t9-/m1/s1. The van der Waals surface area contributed by atoms with Crippen LogP contribution in [-0.2, 0) is 0 Å². The third kappa shape index (κ3) is 2.19. The average molecular weight is 191 g/mol. The van der Waals surface area contributed by atoms with Gasteiger partial charge in [0.05, 0.1) is 7.11 Å². The van der Waals surface area contributed by atoms with Gasteiger partial charge >= 0.3 is 0 Å². The Kier molecular flexibility index (Phi) is 2.62. The van der Waals surface area contributed by atoms with Crippen molar-refractivity contribution in [2.45, 2.75) is 25.8 Å². The molecule has 1 atom stereocenters. The van der Waals surface area contributed by atoms with Gasteiger partial charge in [0.1, 0.15) is 5.75 Å². The first kappa shape index (κ1) is 9.38. The van der Waals surface area contributed by atoms with E-state index in [2.05, 4.69) is 18.3 Å². The number of methoxy groups -OCH3 is 1. The zero-order chi connectivity index (χ0) is 9.97. The lowest BCUT2D eigenvalue weighted by Crippen LogP contribution is -2.16. The molecule has 14 heavy (non-hydrogen) atoms. The van der Waals surface area contributed by atoms with Crippen molar-refractivity contribution in [1.82, 2.24) is 0 Å². The van der Waals surface area contributed by atoms with E-state index in [-0.39, 0.29) is 0 Å². The Morgan fingerprint density at radius 3 is 2.86 bits per heavy atom. The van der Waals surface area contributed by atoms with Gasteiger partial charge in [-0.25, -0.2) is 0 Å². The van der Waals surface area contributed by atoms with E-state index in [1.54, 1.807) is 7.11 Å². The van der Waals surface area contributed by atoms with E-state index < -0.39 is 0 Å². The Bertz CT molecular complexity index is 307. The predicted octanol–water partition coefficient (Wildman–Crippen LogP) is 2.91. The van der Waals surface area contributed by atoms with Crippen LogP contribution in [-0.4, -0.2) is 13.2 Å². The van der Waals surface area contributed by atoms with Gasteiger partial charge in [0.25, 0.3) is 0 Å². The van der Waals surface area contributed by atoms with Crippen LogP contribution in [0.4, 0.5) is 5.69 Å². The molecule has 1 aromatic carbocycles. The normalized spacial score (nSPS) is 17.6. The van der Waals surface area contributed by atoms with E-state index in [0.29, 0.717) is 6.04 Å². The van der Waals surface area contributed by atoms with Crippen LogP contribution < -0.4 is 10.1 Å². The summed E-state index contributed by atoms with van der Waals surface area (Å²) in [5.41, 5.74) is 1.16. The van der Waals surface area contributed by atoms with E-state index >= 15 is 0 Å². The van der Waals surface area contributed by atoms with Gasteiger partial charge in [-0.3, -0.25) is 0 Å². The van der Waals surface area contributed by atoms with Gasteiger partial charge in [0.2, 0.25) is 0 Å². The zero-order valence-electron chi connectivity index (χ0n) is 8.79. The van der Waals surface area contributed by atoms with Gasteiger partial charge in [-0.1, -0.05) is 6.07 Å². The smallest absolute Gasteiger partial charge is 0.120 e. The molecule has 0 unspecified atom stereocenters. The summed E-state index contributed by atoms with van der Waals surface area (Å²) >= 11 is 0.